The first kappa shape index (κ1) is 6.83. The Bertz CT molecular complexity index is 208. The number of carbonyl (C=O) groups excluding carboxylic acids is 2. The van der Waals surface area contributed by atoms with Crippen LogP contribution in [-0.2, 0) is 9.59 Å². The van der Waals surface area contributed by atoms with Gasteiger partial charge in [0.15, 0.2) is 5.78 Å². The predicted octanol–water partition coefficient (Wildman–Crippen LogP) is 0.244. The Morgan fingerprint density at radius 1 is 1.36 bits per heavy atom. The predicted molar refractivity (Wildman–Crippen MR) is 38.9 cm³/mol. The third-order valence-electron chi connectivity index (χ3n) is 2.32. The molecule has 0 aromatic heterocycles. The third kappa shape index (κ3) is 1.42. The number of Topliss-reactive ketones (excluding diaryl/α,β-unsaturated/α-hetero) is 1. The summed E-state index contributed by atoms with van der Waals surface area (Å²) in [6.45, 7) is 0. The second-order valence-electron chi connectivity index (χ2n) is 3.44. The summed E-state index contributed by atoms with van der Waals surface area (Å²) in [4.78, 5) is 21.8. The monoisotopic (exact) mass is 153 g/mol. The molecule has 2 fully saturated rings. The van der Waals surface area contributed by atoms with Crippen molar-refractivity contribution < 1.29 is 9.59 Å². The minimum Gasteiger partial charge on any atom is -0.346 e. The quantitative estimate of drug-likeness (QED) is 0.578. The van der Waals surface area contributed by atoms with Gasteiger partial charge in [-0.15, -0.1) is 0 Å². The molecule has 0 aromatic carbocycles. The van der Waals surface area contributed by atoms with Gasteiger partial charge < -0.3 is 5.32 Å². The van der Waals surface area contributed by atoms with Crippen LogP contribution >= 0.6 is 0 Å². The highest BCUT2D eigenvalue weighted by Crippen LogP contribution is 2.34. The average Bonchev–Trinajstić information content (AvgIpc) is 2.64. The van der Waals surface area contributed by atoms with E-state index in [0.29, 0.717) is 5.92 Å². The number of ketones is 1. The molecular formula is C8H11NO2. The van der Waals surface area contributed by atoms with Crippen LogP contribution in [0.15, 0.2) is 0 Å². The molecule has 1 unspecified atom stereocenters. The lowest BCUT2D eigenvalue weighted by molar-refractivity contribution is -0.122. The first-order valence-electron chi connectivity index (χ1n) is 4.08. The molecule has 1 amide bonds. The Balaban J connectivity index is 1.91. The summed E-state index contributed by atoms with van der Waals surface area (Å²) in [6, 6.07) is -0.144. The fourth-order valence-corrected chi connectivity index (χ4v) is 1.48. The van der Waals surface area contributed by atoms with Gasteiger partial charge >= 0.3 is 0 Å². The molecule has 1 atom stereocenters. The van der Waals surface area contributed by atoms with Crippen LogP contribution in [0, 0.1) is 5.92 Å². The third-order valence-corrected chi connectivity index (χ3v) is 2.32. The van der Waals surface area contributed by atoms with E-state index in [1.807, 2.05) is 0 Å². The summed E-state index contributed by atoms with van der Waals surface area (Å²) in [5.41, 5.74) is 0. The Hall–Kier alpha value is -0.860. The van der Waals surface area contributed by atoms with E-state index in [4.69, 9.17) is 0 Å². The van der Waals surface area contributed by atoms with E-state index in [1.165, 1.54) is 12.8 Å². The summed E-state index contributed by atoms with van der Waals surface area (Å²) in [6.07, 6.45) is 3.46. The van der Waals surface area contributed by atoms with Gasteiger partial charge in [0.05, 0.1) is 12.5 Å². The topological polar surface area (TPSA) is 46.2 Å². The second-order valence-corrected chi connectivity index (χ2v) is 3.44. The molecule has 60 valence electrons. The van der Waals surface area contributed by atoms with E-state index in [9.17, 15) is 9.59 Å². The zero-order valence-corrected chi connectivity index (χ0v) is 6.30. The van der Waals surface area contributed by atoms with Crippen molar-refractivity contribution in [2.75, 3.05) is 0 Å². The molecule has 1 N–H and O–H groups in total. The molecule has 2 aliphatic rings. The summed E-state index contributed by atoms with van der Waals surface area (Å²) >= 11 is 0. The van der Waals surface area contributed by atoms with Crippen LogP contribution in [0.5, 0.6) is 0 Å². The van der Waals surface area contributed by atoms with Crippen LogP contribution < -0.4 is 5.32 Å². The van der Waals surface area contributed by atoms with Crippen molar-refractivity contribution in [2.45, 2.75) is 31.7 Å². The normalized spacial score (nSPS) is 30.7. The van der Waals surface area contributed by atoms with Gasteiger partial charge in [0.25, 0.3) is 0 Å². The zero-order valence-electron chi connectivity index (χ0n) is 6.30. The largest absolute Gasteiger partial charge is 0.346 e. The van der Waals surface area contributed by atoms with Gasteiger partial charge in [-0.25, -0.2) is 0 Å². The lowest BCUT2D eigenvalue weighted by Crippen LogP contribution is -2.29. The highest BCUT2D eigenvalue weighted by Gasteiger charge is 2.34. The zero-order chi connectivity index (χ0) is 7.84. The maximum atomic E-state index is 11.1. The number of hydrogen-bond acceptors (Lipinski definition) is 2. The second kappa shape index (κ2) is 2.32. The number of hydrogen-bond donors (Lipinski definition) is 1. The van der Waals surface area contributed by atoms with Crippen LogP contribution in [0.4, 0.5) is 0 Å². The molecule has 0 bridgehead atoms. The van der Waals surface area contributed by atoms with Crippen molar-refractivity contribution in [3.63, 3.8) is 0 Å². The first-order chi connectivity index (χ1) is 5.25. The van der Waals surface area contributed by atoms with E-state index in [0.717, 1.165) is 6.42 Å². The molecular weight excluding hydrogens is 142 g/mol. The fourth-order valence-electron chi connectivity index (χ4n) is 1.48. The maximum absolute atomic E-state index is 11.1. The summed E-state index contributed by atoms with van der Waals surface area (Å²) < 4.78 is 0. The minimum absolute atomic E-state index is 0.0851. The first-order valence-corrected chi connectivity index (χ1v) is 4.08. The Morgan fingerprint density at radius 3 is 2.55 bits per heavy atom. The van der Waals surface area contributed by atoms with Crippen molar-refractivity contribution in [3.8, 4) is 0 Å². The lowest BCUT2D eigenvalue weighted by atomic mass is 10.1. The van der Waals surface area contributed by atoms with E-state index in [1.54, 1.807) is 0 Å². The number of carbonyl (C=O) groups is 2. The Kier molecular flexibility index (Phi) is 1.44. The highest BCUT2D eigenvalue weighted by molar-refractivity contribution is 6.07. The van der Waals surface area contributed by atoms with Crippen LogP contribution in [0.25, 0.3) is 0 Å². The molecule has 0 radical (unpaired) electrons. The van der Waals surface area contributed by atoms with Crippen LogP contribution in [0.1, 0.15) is 25.7 Å². The van der Waals surface area contributed by atoms with Crippen molar-refractivity contribution in [1.29, 1.82) is 0 Å². The Labute approximate surface area is 65.2 Å². The summed E-state index contributed by atoms with van der Waals surface area (Å²) in [5, 5.41) is 2.69. The maximum Gasteiger partial charge on any atom is 0.228 e. The van der Waals surface area contributed by atoms with Crippen molar-refractivity contribution >= 4 is 11.7 Å². The molecule has 2 rings (SSSR count). The SMILES string of the molecule is O=C1CC(=O)C(CC2CC2)N1. The van der Waals surface area contributed by atoms with Gasteiger partial charge in [-0.1, -0.05) is 12.8 Å². The van der Waals surface area contributed by atoms with Gasteiger partial charge in [-0.2, -0.15) is 0 Å². The molecule has 1 saturated heterocycles. The number of amides is 1. The standard InChI is InChI=1S/C8H11NO2/c10-7-4-8(11)9-6(7)3-5-1-2-5/h5-6H,1-4H2,(H,9,11). The van der Waals surface area contributed by atoms with Gasteiger partial charge in [0.2, 0.25) is 5.91 Å². The van der Waals surface area contributed by atoms with E-state index in [2.05, 4.69) is 5.32 Å². The molecule has 3 nitrogen and oxygen atoms in total. The average molecular weight is 153 g/mol. The van der Waals surface area contributed by atoms with Crippen molar-refractivity contribution in [2.24, 2.45) is 5.92 Å². The molecule has 1 aliphatic carbocycles. The number of rotatable bonds is 2. The van der Waals surface area contributed by atoms with Crippen molar-refractivity contribution in [3.05, 3.63) is 0 Å². The lowest BCUT2D eigenvalue weighted by Gasteiger charge is -2.05. The summed E-state index contributed by atoms with van der Waals surface area (Å²) in [5.74, 6) is 0.699. The van der Waals surface area contributed by atoms with Crippen molar-refractivity contribution in [1.82, 2.24) is 5.32 Å². The van der Waals surface area contributed by atoms with Crippen LogP contribution in [0.2, 0.25) is 0 Å². The minimum atomic E-state index is -0.144. The van der Waals surface area contributed by atoms with E-state index >= 15 is 0 Å². The summed E-state index contributed by atoms with van der Waals surface area (Å²) in [7, 11) is 0. The van der Waals surface area contributed by atoms with E-state index in [-0.39, 0.29) is 24.2 Å². The molecule has 1 saturated carbocycles. The number of nitrogens with one attached hydrogen (secondary N) is 1. The Morgan fingerprint density at radius 2 is 2.09 bits per heavy atom. The molecule has 3 heteroatoms. The molecule has 1 aliphatic heterocycles. The smallest absolute Gasteiger partial charge is 0.228 e. The molecule has 11 heavy (non-hydrogen) atoms. The van der Waals surface area contributed by atoms with Gasteiger partial charge in [-0.05, 0) is 12.3 Å². The molecule has 0 spiro atoms. The molecule has 1 heterocycles. The van der Waals surface area contributed by atoms with Crippen LogP contribution in [-0.4, -0.2) is 17.7 Å². The van der Waals surface area contributed by atoms with Gasteiger partial charge in [0.1, 0.15) is 0 Å². The molecule has 0 aromatic rings. The van der Waals surface area contributed by atoms with Crippen LogP contribution in [0.3, 0.4) is 0 Å². The highest BCUT2D eigenvalue weighted by atomic mass is 16.2. The van der Waals surface area contributed by atoms with Gasteiger partial charge in [-0.3, -0.25) is 9.59 Å². The fraction of sp³-hybridized carbons (Fsp3) is 0.750. The van der Waals surface area contributed by atoms with E-state index < -0.39 is 0 Å². The van der Waals surface area contributed by atoms with Gasteiger partial charge in [0, 0.05) is 0 Å².